The van der Waals surface area contributed by atoms with Gasteiger partial charge in [0.05, 0.1) is 10.3 Å². The monoisotopic (exact) mass is 333 g/mol. The molecule has 0 heterocycles. The molecule has 21 heavy (non-hydrogen) atoms. The number of sulfonamides is 1. The van der Waals surface area contributed by atoms with Gasteiger partial charge in [-0.2, -0.15) is 0 Å². The molecule has 0 unspecified atom stereocenters. The molecule has 1 amide bonds. The van der Waals surface area contributed by atoms with Gasteiger partial charge in [-0.25, -0.2) is 13.1 Å². The first-order chi connectivity index (χ1) is 9.51. The van der Waals surface area contributed by atoms with Crippen molar-refractivity contribution in [2.24, 2.45) is 5.41 Å². The van der Waals surface area contributed by atoms with Crippen LogP contribution < -0.4 is 15.8 Å². The van der Waals surface area contributed by atoms with Gasteiger partial charge in [-0.3, -0.25) is 4.79 Å². The van der Waals surface area contributed by atoms with Crippen molar-refractivity contribution in [3.8, 4) is 0 Å². The molecule has 8 heteroatoms. The van der Waals surface area contributed by atoms with Crippen LogP contribution in [0.15, 0.2) is 17.0 Å². The van der Waals surface area contributed by atoms with E-state index in [-0.39, 0.29) is 22.4 Å². The number of benzene rings is 1. The normalized spacial score (nSPS) is 12.2. The van der Waals surface area contributed by atoms with Crippen LogP contribution in [0, 0.1) is 12.3 Å². The van der Waals surface area contributed by atoms with E-state index in [1.54, 1.807) is 20.8 Å². The van der Waals surface area contributed by atoms with Gasteiger partial charge >= 0.3 is 0 Å². The molecule has 0 aliphatic heterocycles. The number of anilines is 1. The summed E-state index contributed by atoms with van der Waals surface area (Å²) in [7, 11) is -2.30. The van der Waals surface area contributed by atoms with Gasteiger partial charge in [0.2, 0.25) is 15.9 Å². The number of nitrogen functional groups attached to an aromatic ring is 1. The van der Waals surface area contributed by atoms with Crippen molar-refractivity contribution >= 4 is 33.2 Å². The third kappa shape index (κ3) is 4.09. The van der Waals surface area contributed by atoms with Crippen LogP contribution in [-0.2, 0) is 14.8 Å². The molecule has 0 saturated carbocycles. The largest absolute Gasteiger partial charge is 0.398 e. The molecule has 0 bridgehead atoms. The van der Waals surface area contributed by atoms with Crippen molar-refractivity contribution in [2.75, 3.05) is 19.3 Å². The van der Waals surface area contributed by atoms with E-state index < -0.39 is 15.4 Å². The highest BCUT2D eigenvalue weighted by Crippen LogP contribution is 2.26. The molecule has 0 radical (unpaired) electrons. The zero-order valence-electron chi connectivity index (χ0n) is 12.5. The Morgan fingerprint density at radius 1 is 1.38 bits per heavy atom. The van der Waals surface area contributed by atoms with Gasteiger partial charge in [0.25, 0.3) is 0 Å². The molecule has 0 aromatic heterocycles. The van der Waals surface area contributed by atoms with Gasteiger partial charge in [0.15, 0.2) is 0 Å². The maximum atomic E-state index is 12.4. The van der Waals surface area contributed by atoms with Gasteiger partial charge in [-0.1, -0.05) is 11.6 Å². The molecular weight excluding hydrogens is 314 g/mol. The molecule has 118 valence electrons. The Hall–Kier alpha value is -1.31. The molecule has 0 spiro atoms. The number of rotatable bonds is 5. The number of carbonyl (C=O) groups is 1. The first-order valence-electron chi connectivity index (χ1n) is 6.29. The van der Waals surface area contributed by atoms with Crippen molar-refractivity contribution in [3.63, 3.8) is 0 Å². The summed E-state index contributed by atoms with van der Waals surface area (Å²) < 4.78 is 27.1. The number of carbonyl (C=O) groups excluding carboxylic acids is 1. The highest BCUT2D eigenvalue weighted by Gasteiger charge is 2.29. The van der Waals surface area contributed by atoms with E-state index in [1.165, 1.54) is 19.2 Å². The number of nitrogens with two attached hydrogens (primary N) is 1. The number of nitrogens with one attached hydrogen (secondary N) is 2. The molecular formula is C13H20ClN3O3S. The Morgan fingerprint density at radius 2 is 1.95 bits per heavy atom. The summed E-state index contributed by atoms with van der Waals surface area (Å²) in [6, 6.07) is 2.83. The van der Waals surface area contributed by atoms with Crippen LogP contribution in [0.5, 0.6) is 0 Å². The minimum absolute atomic E-state index is 0.0141. The first kappa shape index (κ1) is 17.7. The Kier molecular flexibility index (Phi) is 5.25. The molecule has 1 aromatic carbocycles. The van der Waals surface area contributed by atoms with Crippen molar-refractivity contribution in [2.45, 2.75) is 25.7 Å². The lowest BCUT2D eigenvalue weighted by Gasteiger charge is -2.23. The van der Waals surface area contributed by atoms with Crippen LogP contribution in [-0.4, -0.2) is 27.9 Å². The van der Waals surface area contributed by atoms with Crippen molar-refractivity contribution < 1.29 is 13.2 Å². The van der Waals surface area contributed by atoms with E-state index in [2.05, 4.69) is 10.0 Å². The first-order valence-corrected chi connectivity index (χ1v) is 8.15. The van der Waals surface area contributed by atoms with E-state index in [4.69, 9.17) is 17.3 Å². The highest BCUT2D eigenvalue weighted by atomic mass is 35.5. The predicted molar refractivity (Wildman–Crippen MR) is 83.6 cm³/mol. The van der Waals surface area contributed by atoms with Crippen LogP contribution >= 0.6 is 11.6 Å². The fourth-order valence-electron chi connectivity index (χ4n) is 1.73. The molecule has 4 N–H and O–H groups in total. The van der Waals surface area contributed by atoms with Crippen molar-refractivity contribution in [1.82, 2.24) is 10.0 Å². The maximum absolute atomic E-state index is 12.4. The Balaban J connectivity index is 3.06. The zero-order chi connectivity index (χ0) is 16.4. The Labute approximate surface area is 130 Å². The zero-order valence-corrected chi connectivity index (χ0v) is 14.0. The van der Waals surface area contributed by atoms with Gasteiger partial charge < -0.3 is 11.1 Å². The van der Waals surface area contributed by atoms with Gasteiger partial charge in [0, 0.05) is 24.3 Å². The summed E-state index contributed by atoms with van der Waals surface area (Å²) in [6.45, 7) is 4.85. The summed E-state index contributed by atoms with van der Waals surface area (Å²) >= 11 is 5.85. The van der Waals surface area contributed by atoms with Crippen molar-refractivity contribution in [3.05, 3.63) is 22.7 Å². The summed E-state index contributed by atoms with van der Waals surface area (Å²) in [5.41, 5.74) is 5.57. The molecule has 0 aliphatic carbocycles. The van der Waals surface area contributed by atoms with Crippen LogP contribution in [0.4, 0.5) is 5.69 Å². The second-order valence-electron chi connectivity index (χ2n) is 5.41. The average Bonchev–Trinajstić information content (AvgIpc) is 2.39. The lowest BCUT2D eigenvalue weighted by atomic mass is 9.93. The second-order valence-corrected chi connectivity index (χ2v) is 7.58. The predicted octanol–water partition coefficient (Wildman–Crippen LogP) is 1.28. The number of hydrogen-bond donors (Lipinski definition) is 3. The van der Waals surface area contributed by atoms with E-state index in [9.17, 15) is 13.2 Å². The van der Waals surface area contributed by atoms with Crippen molar-refractivity contribution in [1.29, 1.82) is 0 Å². The smallest absolute Gasteiger partial charge is 0.240 e. The SMILES string of the molecule is CNC(=O)C(C)(C)CNS(=O)(=O)c1cc(Cl)cc(N)c1C. The maximum Gasteiger partial charge on any atom is 0.240 e. The fraction of sp³-hybridized carbons (Fsp3) is 0.462. The summed E-state index contributed by atoms with van der Waals surface area (Å²) in [4.78, 5) is 11.7. The third-order valence-electron chi connectivity index (χ3n) is 3.20. The Morgan fingerprint density at radius 3 is 2.48 bits per heavy atom. The molecule has 0 atom stereocenters. The van der Waals surface area contributed by atoms with Gasteiger partial charge in [0.1, 0.15) is 0 Å². The summed E-state index contributed by atoms with van der Waals surface area (Å²) in [5.74, 6) is -0.257. The summed E-state index contributed by atoms with van der Waals surface area (Å²) in [5, 5.41) is 2.74. The molecule has 0 saturated heterocycles. The van der Waals surface area contributed by atoms with Crippen LogP contribution in [0.2, 0.25) is 5.02 Å². The Bertz CT molecular complexity index is 657. The van der Waals surface area contributed by atoms with Crippen LogP contribution in [0.3, 0.4) is 0 Å². The minimum atomic E-state index is -3.81. The molecule has 1 aromatic rings. The standard InChI is InChI=1S/C13H20ClN3O3S/c1-8-10(15)5-9(14)6-11(8)21(19,20)17-7-13(2,3)12(18)16-4/h5-6,17H,7,15H2,1-4H3,(H,16,18). The quantitative estimate of drug-likeness (QED) is 0.706. The lowest BCUT2D eigenvalue weighted by molar-refractivity contribution is -0.128. The highest BCUT2D eigenvalue weighted by molar-refractivity contribution is 7.89. The van der Waals surface area contributed by atoms with E-state index >= 15 is 0 Å². The van der Waals surface area contributed by atoms with E-state index in [0.717, 1.165) is 0 Å². The lowest BCUT2D eigenvalue weighted by Crippen LogP contribution is -2.43. The molecule has 1 rings (SSSR count). The fourth-order valence-corrected chi connectivity index (χ4v) is 3.53. The topological polar surface area (TPSA) is 101 Å². The minimum Gasteiger partial charge on any atom is -0.398 e. The third-order valence-corrected chi connectivity index (χ3v) is 4.95. The van der Waals surface area contributed by atoms with Gasteiger partial charge in [-0.15, -0.1) is 0 Å². The van der Waals surface area contributed by atoms with E-state index in [0.29, 0.717) is 11.3 Å². The van der Waals surface area contributed by atoms with E-state index in [1.807, 2.05) is 0 Å². The molecule has 6 nitrogen and oxygen atoms in total. The summed E-state index contributed by atoms with van der Waals surface area (Å²) in [6.07, 6.45) is 0. The number of halogens is 1. The van der Waals surface area contributed by atoms with Crippen LogP contribution in [0.1, 0.15) is 19.4 Å². The second kappa shape index (κ2) is 6.21. The van der Waals surface area contributed by atoms with Crippen LogP contribution in [0.25, 0.3) is 0 Å². The number of hydrogen-bond acceptors (Lipinski definition) is 4. The molecule has 0 aliphatic rings. The number of amides is 1. The molecule has 0 fully saturated rings. The average molecular weight is 334 g/mol. The van der Waals surface area contributed by atoms with Gasteiger partial charge in [-0.05, 0) is 38.5 Å².